The molecule has 0 aliphatic carbocycles. The SMILES string of the molecule is CN1C(=O)NC(=O)/C(=C\c2cc3c(s2)-n2c4ccccc4c4cccc(c42)C3(C)C)C1=O. The van der Waals surface area contributed by atoms with Crippen molar-refractivity contribution < 1.29 is 14.4 Å². The predicted octanol–water partition coefficient (Wildman–Crippen LogP) is 4.58. The molecule has 158 valence electrons. The zero-order chi connectivity index (χ0) is 22.4. The topological polar surface area (TPSA) is 71.4 Å². The summed E-state index contributed by atoms with van der Waals surface area (Å²) in [6, 6.07) is 16.1. The Morgan fingerprint density at radius 1 is 0.969 bits per heavy atom. The number of imide groups is 2. The van der Waals surface area contributed by atoms with Gasteiger partial charge in [0.2, 0.25) is 0 Å². The van der Waals surface area contributed by atoms with Gasteiger partial charge >= 0.3 is 6.03 Å². The van der Waals surface area contributed by atoms with Crippen molar-refractivity contribution in [3.05, 3.63) is 70.1 Å². The molecule has 2 aliphatic rings. The standard InChI is InChI=1S/C25H19N3O3S/c1-25(2)17-9-6-8-15-14-7-4-5-10-19(14)28(20(15)17)23-18(25)12-13(32-23)11-16-21(29)26-24(31)27(3)22(16)30/h4-12H,1-3H3,(H,26,29,31)/b16-11+. The zero-order valence-corrected chi connectivity index (χ0v) is 18.5. The lowest BCUT2D eigenvalue weighted by molar-refractivity contribution is -0.129. The molecule has 7 heteroatoms. The van der Waals surface area contributed by atoms with Gasteiger partial charge in [-0.05, 0) is 29.3 Å². The van der Waals surface area contributed by atoms with Crippen LogP contribution < -0.4 is 5.32 Å². The summed E-state index contributed by atoms with van der Waals surface area (Å²) in [5.74, 6) is -1.26. The van der Waals surface area contributed by atoms with Gasteiger partial charge < -0.3 is 4.57 Å². The summed E-state index contributed by atoms with van der Waals surface area (Å²) in [6.07, 6.45) is 1.59. The quantitative estimate of drug-likeness (QED) is 0.347. The molecule has 4 amide bonds. The minimum absolute atomic E-state index is 0.0384. The number of likely N-dealkylation sites (N-methyl/N-ethyl adjacent to an activating group) is 1. The Hall–Kier alpha value is -3.71. The number of aromatic nitrogens is 1. The molecule has 1 fully saturated rings. The summed E-state index contributed by atoms with van der Waals surface area (Å²) in [7, 11) is 1.36. The first-order chi connectivity index (χ1) is 15.3. The molecule has 2 aromatic heterocycles. The number of barbiturate groups is 1. The van der Waals surface area contributed by atoms with Crippen LogP contribution in [-0.2, 0) is 15.0 Å². The molecule has 6 nitrogen and oxygen atoms in total. The molecular weight excluding hydrogens is 422 g/mol. The lowest BCUT2D eigenvalue weighted by Gasteiger charge is -2.32. The Balaban J connectivity index is 1.62. The van der Waals surface area contributed by atoms with E-state index in [-0.39, 0.29) is 11.0 Å². The zero-order valence-electron chi connectivity index (χ0n) is 17.7. The van der Waals surface area contributed by atoms with E-state index in [1.54, 1.807) is 17.4 Å². The van der Waals surface area contributed by atoms with E-state index in [1.807, 2.05) is 6.07 Å². The van der Waals surface area contributed by atoms with Gasteiger partial charge in [-0.1, -0.05) is 50.2 Å². The van der Waals surface area contributed by atoms with E-state index in [1.165, 1.54) is 28.9 Å². The number of para-hydroxylation sites is 2. The molecule has 6 rings (SSSR count). The van der Waals surface area contributed by atoms with Gasteiger partial charge in [0.25, 0.3) is 11.8 Å². The number of urea groups is 1. The van der Waals surface area contributed by atoms with Gasteiger partial charge in [0, 0.05) is 28.1 Å². The monoisotopic (exact) mass is 441 g/mol. The maximum Gasteiger partial charge on any atom is 0.331 e. The number of nitrogens with zero attached hydrogens (tertiary/aromatic N) is 2. The van der Waals surface area contributed by atoms with Gasteiger partial charge in [0.1, 0.15) is 10.6 Å². The highest BCUT2D eigenvalue weighted by molar-refractivity contribution is 7.15. The number of rotatable bonds is 1. The number of benzene rings is 2. The number of amides is 4. The summed E-state index contributed by atoms with van der Waals surface area (Å²) in [5.41, 5.74) is 4.42. The van der Waals surface area contributed by atoms with Crippen molar-refractivity contribution in [2.24, 2.45) is 0 Å². The molecule has 0 bridgehead atoms. The third-order valence-electron chi connectivity index (χ3n) is 6.57. The second-order valence-corrected chi connectivity index (χ2v) is 9.79. The molecule has 1 N–H and O–H groups in total. The Morgan fingerprint density at radius 3 is 2.53 bits per heavy atom. The first-order valence-corrected chi connectivity index (χ1v) is 11.1. The molecule has 0 spiro atoms. The van der Waals surface area contributed by atoms with Crippen molar-refractivity contribution in [2.45, 2.75) is 19.3 Å². The number of hydrogen-bond acceptors (Lipinski definition) is 4. The van der Waals surface area contributed by atoms with E-state index in [0.717, 1.165) is 25.9 Å². The van der Waals surface area contributed by atoms with E-state index in [2.05, 4.69) is 66.2 Å². The van der Waals surface area contributed by atoms with E-state index < -0.39 is 17.8 Å². The van der Waals surface area contributed by atoms with Gasteiger partial charge in [0.15, 0.2) is 0 Å². The molecule has 2 aromatic carbocycles. The second-order valence-electron chi connectivity index (χ2n) is 8.73. The van der Waals surface area contributed by atoms with E-state index in [0.29, 0.717) is 0 Å². The molecule has 2 aliphatic heterocycles. The highest BCUT2D eigenvalue weighted by atomic mass is 32.1. The summed E-state index contributed by atoms with van der Waals surface area (Å²) in [4.78, 5) is 38.4. The molecule has 1 saturated heterocycles. The maximum absolute atomic E-state index is 12.6. The Bertz CT molecular complexity index is 1550. The molecular formula is C25H19N3O3S. The lowest BCUT2D eigenvalue weighted by atomic mass is 9.76. The van der Waals surface area contributed by atoms with Crippen molar-refractivity contribution in [1.82, 2.24) is 14.8 Å². The van der Waals surface area contributed by atoms with Crippen LogP contribution in [0, 0.1) is 0 Å². The number of nitrogens with one attached hydrogen (secondary N) is 1. The number of carbonyl (C=O) groups excluding carboxylic acids is 3. The lowest BCUT2D eigenvalue weighted by Crippen LogP contribution is -2.52. The number of thiophene rings is 1. The van der Waals surface area contributed by atoms with Crippen LogP contribution in [0.25, 0.3) is 32.9 Å². The summed E-state index contributed by atoms with van der Waals surface area (Å²) < 4.78 is 2.30. The van der Waals surface area contributed by atoms with Gasteiger partial charge in [0.05, 0.1) is 11.0 Å². The summed E-state index contributed by atoms with van der Waals surface area (Å²) in [5, 5.41) is 5.71. The van der Waals surface area contributed by atoms with E-state index in [9.17, 15) is 14.4 Å². The van der Waals surface area contributed by atoms with Crippen LogP contribution in [0.2, 0.25) is 0 Å². The third kappa shape index (κ3) is 2.31. The maximum atomic E-state index is 12.6. The van der Waals surface area contributed by atoms with Gasteiger partial charge in [-0.3, -0.25) is 19.8 Å². The molecule has 0 saturated carbocycles. The normalized spacial score (nSPS) is 18.5. The fraction of sp³-hybridized carbons (Fsp3) is 0.160. The van der Waals surface area contributed by atoms with Crippen LogP contribution in [-0.4, -0.2) is 34.4 Å². The van der Waals surface area contributed by atoms with Crippen LogP contribution >= 0.6 is 11.3 Å². The van der Waals surface area contributed by atoms with Crippen LogP contribution in [0.4, 0.5) is 4.79 Å². The van der Waals surface area contributed by atoms with Crippen LogP contribution in [0.5, 0.6) is 0 Å². The van der Waals surface area contributed by atoms with E-state index in [4.69, 9.17) is 0 Å². The Labute approximate surface area is 187 Å². The van der Waals surface area contributed by atoms with Crippen molar-refractivity contribution in [3.8, 4) is 5.00 Å². The average Bonchev–Trinajstić information content (AvgIpc) is 3.34. The molecule has 0 atom stereocenters. The van der Waals surface area contributed by atoms with Crippen LogP contribution in [0.15, 0.2) is 54.1 Å². The number of hydrogen-bond donors (Lipinski definition) is 1. The largest absolute Gasteiger partial charge is 0.331 e. The molecule has 4 heterocycles. The van der Waals surface area contributed by atoms with Gasteiger partial charge in [-0.25, -0.2) is 4.79 Å². The average molecular weight is 442 g/mol. The molecule has 32 heavy (non-hydrogen) atoms. The Morgan fingerprint density at radius 2 is 1.72 bits per heavy atom. The van der Waals surface area contributed by atoms with Crippen molar-refractivity contribution in [2.75, 3.05) is 7.05 Å². The van der Waals surface area contributed by atoms with E-state index >= 15 is 0 Å². The van der Waals surface area contributed by atoms with Crippen LogP contribution in [0.3, 0.4) is 0 Å². The fourth-order valence-corrected chi connectivity index (χ4v) is 6.13. The summed E-state index contributed by atoms with van der Waals surface area (Å²) in [6.45, 7) is 4.41. The van der Waals surface area contributed by atoms with Gasteiger partial charge in [-0.15, -0.1) is 11.3 Å². The number of fused-ring (bicyclic) bond motifs is 5. The third-order valence-corrected chi connectivity index (χ3v) is 7.63. The second kappa shape index (κ2) is 6.17. The first kappa shape index (κ1) is 19.0. The van der Waals surface area contributed by atoms with Crippen molar-refractivity contribution in [1.29, 1.82) is 0 Å². The predicted molar refractivity (Wildman–Crippen MR) is 125 cm³/mol. The smallest absolute Gasteiger partial charge is 0.300 e. The first-order valence-electron chi connectivity index (χ1n) is 10.3. The molecule has 0 unspecified atom stereocenters. The number of carbonyl (C=O) groups is 3. The Kier molecular flexibility index (Phi) is 3.67. The van der Waals surface area contributed by atoms with Crippen molar-refractivity contribution >= 4 is 57.1 Å². The highest BCUT2D eigenvalue weighted by Crippen LogP contribution is 2.50. The minimum Gasteiger partial charge on any atom is -0.300 e. The van der Waals surface area contributed by atoms with Crippen LogP contribution in [0.1, 0.15) is 29.9 Å². The minimum atomic E-state index is -0.708. The molecule has 4 aromatic rings. The fourth-order valence-electron chi connectivity index (χ4n) is 4.85. The van der Waals surface area contributed by atoms with Crippen molar-refractivity contribution in [3.63, 3.8) is 0 Å². The summed E-state index contributed by atoms with van der Waals surface area (Å²) >= 11 is 1.54. The molecule has 0 radical (unpaired) electrons. The van der Waals surface area contributed by atoms with Gasteiger partial charge in [-0.2, -0.15) is 0 Å². The highest BCUT2D eigenvalue weighted by Gasteiger charge is 2.37.